The molecule has 0 saturated carbocycles. The largest absolute Gasteiger partial charge is 0.339 e. The Labute approximate surface area is 165 Å². The van der Waals surface area contributed by atoms with Crippen LogP contribution in [0, 0.1) is 0 Å². The van der Waals surface area contributed by atoms with Crippen molar-refractivity contribution in [3.8, 4) is 0 Å². The maximum Gasteiger partial charge on any atom is 0.253 e. The fraction of sp³-hybridized carbons (Fsp3) is 0.429. The molecule has 1 aromatic carbocycles. The quantitative estimate of drug-likeness (QED) is 0.823. The highest BCUT2D eigenvalue weighted by molar-refractivity contribution is 7.10. The average molecular weight is 386 g/mol. The SMILES string of the molecule is CCN(CC)C(=O)c1cccc(NC(=O)CN2CCc3sccc3[C@@H]2C)c1. The Morgan fingerprint density at radius 2 is 2.04 bits per heavy atom. The number of hydrogen-bond acceptors (Lipinski definition) is 4. The number of amides is 2. The van der Waals surface area contributed by atoms with E-state index in [0.717, 1.165) is 13.0 Å². The molecular formula is C21H27N3O2S. The molecule has 1 atom stereocenters. The van der Waals surface area contributed by atoms with Crippen LogP contribution in [-0.4, -0.2) is 47.8 Å². The van der Waals surface area contributed by atoms with Crippen LogP contribution in [0.2, 0.25) is 0 Å². The molecule has 1 N–H and O–H groups in total. The van der Waals surface area contributed by atoms with E-state index in [1.165, 1.54) is 10.4 Å². The predicted octanol–water partition coefficient (Wildman–Crippen LogP) is 3.79. The monoisotopic (exact) mass is 385 g/mol. The van der Waals surface area contributed by atoms with Gasteiger partial charge in [0.1, 0.15) is 0 Å². The summed E-state index contributed by atoms with van der Waals surface area (Å²) >= 11 is 1.80. The Kier molecular flexibility index (Phi) is 6.29. The number of rotatable bonds is 6. The first kappa shape index (κ1) is 19.6. The Balaban J connectivity index is 1.63. The van der Waals surface area contributed by atoms with Crippen molar-refractivity contribution < 1.29 is 9.59 Å². The van der Waals surface area contributed by atoms with Crippen molar-refractivity contribution in [2.45, 2.75) is 33.2 Å². The van der Waals surface area contributed by atoms with Crippen LogP contribution in [0.3, 0.4) is 0 Å². The molecule has 2 aromatic rings. The molecule has 1 aromatic heterocycles. The second kappa shape index (κ2) is 8.67. The fourth-order valence-electron chi connectivity index (χ4n) is 3.59. The van der Waals surface area contributed by atoms with Gasteiger partial charge in [0.15, 0.2) is 0 Å². The predicted molar refractivity (Wildman–Crippen MR) is 110 cm³/mol. The summed E-state index contributed by atoms with van der Waals surface area (Å²) in [6.07, 6.45) is 0.998. The molecule has 0 radical (unpaired) electrons. The van der Waals surface area contributed by atoms with E-state index in [2.05, 4.69) is 28.6 Å². The first-order chi connectivity index (χ1) is 13.0. The van der Waals surface area contributed by atoms with Gasteiger partial charge in [-0.3, -0.25) is 14.5 Å². The molecule has 3 rings (SSSR count). The van der Waals surface area contributed by atoms with Gasteiger partial charge < -0.3 is 10.2 Å². The second-order valence-corrected chi connectivity index (χ2v) is 7.80. The molecule has 144 valence electrons. The van der Waals surface area contributed by atoms with Crippen LogP contribution >= 0.6 is 11.3 Å². The minimum Gasteiger partial charge on any atom is -0.339 e. The van der Waals surface area contributed by atoms with E-state index in [1.54, 1.807) is 28.4 Å². The molecule has 2 amide bonds. The van der Waals surface area contributed by atoms with Crippen LogP contribution in [0.5, 0.6) is 0 Å². The van der Waals surface area contributed by atoms with E-state index < -0.39 is 0 Å². The third-order valence-electron chi connectivity index (χ3n) is 5.19. The van der Waals surface area contributed by atoms with E-state index in [4.69, 9.17) is 0 Å². The maximum atomic E-state index is 12.6. The van der Waals surface area contributed by atoms with E-state index in [1.807, 2.05) is 26.0 Å². The Bertz CT molecular complexity index is 813. The van der Waals surface area contributed by atoms with Gasteiger partial charge in [-0.15, -0.1) is 11.3 Å². The molecule has 1 aliphatic heterocycles. The maximum absolute atomic E-state index is 12.6. The van der Waals surface area contributed by atoms with Gasteiger partial charge in [-0.05, 0) is 62.4 Å². The van der Waals surface area contributed by atoms with Crippen molar-refractivity contribution in [3.05, 3.63) is 51.7 Å². The highest BCUT2D eigenvalue weighted by Gasteiger charge is 2.26. The molecule has 0 spiro atoms. The molecule has 0 unspecified atom stereocenters. The van der Waals surface area contributed by atoms with E-state index in [-0.39, 0.29) is 17.9 Å². The zero-order valence-corrected chi connectivity index (χ0v) is 17.0. The van der Waals surface area contributed by atoms with Gasteiger partial charge in [0, 0.05) is 41.8 Å². The number of carbonyl (C=O) groups excluding carboxylic acids is 2. The number of anilines is 1. The lowest BCUT2D eigenvalue weighted by molar-refractivity contribution is -0.117. The first-order valence-corrected chi connectivity index (χ1v) is 10.4. The summed E-state index contributed by atoms with van der Waals surface area (Å²) in [7, 11) is 0. The summed E-state index contributed by atoms with van der Waals surface area (Å²) in [6, 6.07) is 9.61. The Morgan fingerprint density at radius 1 is 1.26 bits per heavy atom. The lowest BCUT2D eigenvalue weighted by Gasteiger charge is -2.32. The van der Waals surface area contributed by atoms with Crippen molar-refractivity contribution in [2.24, 2.45) is 0 Å². The number of hydrogen-bond donors (Lipinski definition) is 1. The molecule has 2 heterocycles. The molecule has 0 bridgehead atoms. The van der Waals surface area contributed by atoms with Crippen molar-refractivity contribution in [2.75, 3.05) is 31.5 Å². The van der Waals surface area contributed by atoms with Crippen LogP contribution in [0.15, 0.2) is 35.7 Å². The Hall–Kier alpha value is -2.18. The molecule has 0 fully saturated rings. The number of carbonyl (C=O) groups is 2. The summed E-state index contributed by atoms with van der Waals surface area (Å²) in [5, 5.41) is 5.08. The molecule has 6 heteroatoms. The van der Waals surface area contributed by atoms with Crippen LogP contribution in [0.25, 0.3) is 0 Å². The summed E-state index contributed by atoms with van der Waals surface area (Å²) < 4.78 is 0. The van der Waals surface area contributed by atoms with Gasteiger partial charge in [0.05, 0.1) is 6.54 Å². The normalized spacial score (nSPS) is 16.6. The lowest BCUT2D eigenvalue weighted by atomic mass is 10.0. The first-order valence-electron chi connectivity index (χ1n) is 9.53. The van der Waals surface area contributed by atoms with Gasteiger partial charge in [0.25, 0.3) is 5.91 Å². The minimum atomic E-state index is -0.0482. The minimum absolute atomic E-state index is 0.00858. The third-order valence-corrected chi connectivity index (χ3v) is 6.19. The van der Waals surface area contributed by atoms with E-state index in [0.29, 0.717) is 30.9 Å². The number of nitrogens with one attached hydrogen (secondary N) is 1. The molecule has 0 aliphatic carbocycles. The van der Waals surface area contributed by atoms with Crippen LogP contribution in [-0.2, 0) is 11.2 Å². The summed E-state index contributed by atoms with van der Waals surface area (Å²) in [6.45, 7) is 8.67. The van der Waals surface area contributed by atoms with Gasteiger partial charge in [-0.2, -0.15) is 0 Å². The van der Waals surface area contributed by atoms with Gasteiger partial charge in [0.2, 0.25) is 5.91 Å². The zero-order valence-electron chi connectivity index (χ0n) is 16.2. The second-order valence-electron chi connectivity index (χ2n) is 6.80. The van der Waals surface area contributed by atoms with Crippen LogP contribution in [0.4, 0.5) is 5.69 Å². The number of benzene rings is 1. The van der Waals surface area contributed by atoms with Gasteiger partial charge in [-0.25, -0.2) is 0 Å². The molecule has 1 aliphatic rings. The molecule has 27 heavy (non-hydrogen) atoms. The summed E-state index contributed by atoms with van der Waals surface area (Å²) in [5.74, 6) is -0.0568. The van der Waals surface area contributed by atoms with Gasteiger partial charge in [-0.1, -0.05) is 6.07 Å². The van der Waals surface area contributed by atoms with E-state index in [9.17, 15) is 9.59 Å². The highest BCUT2D eigenvalue weighted by atomic mass is 32.1. The standard InChI is InChI=1S/C21H27N3O2S/c1-4-23(5-2)21(26)16-7-6-8-17(13-16)22-20(25)14-24-11-9-19-18(15(24)3)10-12-27-19/h6-8,10,12-13,15H,4-5,9,11,14H2,1-3H3,(H,22,25)/t15-/m0/s1. The molecular weight excluding hydrogens is 358 g/mol. The van der Waals surface area contributed by atoms with Crippen molar-refractivity contribution in [3.63, 3.8) is 0 Å². The average Bonchev–Trinajstić information content (AvgIpc) is 3.15. The smallest absolute Gasteiger partial charge is 0.253 e. The third kappa shape index (κ3) is 4.39. The molecule has 0 saturated heterocycles. The topological polar surface area (TPSA) is 52.7 Å². The molecule has 5 nitrogen and oxygen atoms in total. The number of thiophene rings is 1. The Morgan fingerprint density at radius 3 is 2.78 bits per heavy atom. The van der Waals surface area contributed by atoms with Gasteiger partial charge >= 0.3 is 0 Å². The number of fused-ring (bicyclic) bond motifs is 1. The van der Waals surface area contributed by atoms with E-state index >= 15 is 0 Å². The van der Waals surface area contributed by atoms with Crippen molar-refractivity contribution in [1.29, 1.82) is 0 Å². The van der Waals surface area contributed by atoms with Crippen LogP contribution < -0.4 is 5.32 Å². The number of nitrogens with zero attached hydrogens (tertiary/aromatic N) is 2. The highest BCUT2D eigenvalue weighted by Crippen LogP contribution is 2.32. The fourth-order valence-corrected chi connectivity index (χ4v) is 4.55. The van der Waals surface area contributed by atoms with Crippen molar-refractivity contribution in [1.82, 2.24) is 9.80 Å². The summed E-state index contributed by atoms with van der Waals surface area (Å²) in [5.41, 5.74) is 2.61. The van der Waals surface area contributed by atoms with Crippen molar-refractivity contribution >= 4 is 28.8 Å². The summed E-state index contributed by atoms with van der Waals surface area (Å²) in [4.78, 5) is 30.5. The zero-order chi connectivity index (χ0) is 19.4. The lowest BCUT2D eigenvalue weighted by Crippen LogP contribution is -2.39. The van der Waals surface area contributed by atoms with Crippen LogP contribution in [0.1, 0.15) is 47.6 Å².